The number of carbonyl (C=O) groups is 1. The number of aryl methyl sites for hydroxylation is 3. The normalized spacial score (nSPS) is 13.3. The van der Waals surface area contributed by atoms with Crippen LogP contribution in [0.5, 0.6) is 0 Å². The Morgan fingerprint density at radius 3 is 2.59 bits per heavy atom. The summed E-state index contributed by atoms with van der Waals surface area (Å²) in [5.41, 5.74) is 6.61. The molecular formula is C23H25N3O. The summed E-state index contributed by atoms with van der Waals surface area (Å²) in [6, 6.07) is 16.1. The van der Waals surface area contributed by atoms with Crippen LogP contribution in [0.4, 0.5) is 0 Å². The smallest absolute Gasteiger partial charge is 0.251 e. The van der Waals surface area contributed by atoms with Gasteiger partial charge in [0.05, 0.1) is 12.2 Å². The van der Waals surface area contributed by atoms with Crippen LogP contribution in [0.25, 0.3) is 5.69 Å². The third-order valence-corrected chi connectivity index (χ3v) is 5.39. The summed E-state index contributed by atoms with van der Waals surface area (Å²) in [5.74, 6) is 0.851. The first-order valence-corrected chi connectivity index (χ1v) is 9.64. The predicted molar refractivity (Wildman–Crippen MR) is 107 cm³/mol. The van der Waals surface area contributed by atoms with Gasteiger partial charge in [-0.15, -0.1) is 0 Å². The van der Waals surface area contributed by atoms with Gasteiger partial charge in [-0.05, 0) is 74.9 Å². The Morgan fingerprint density at radius 2 is 1.81 bits per heavy atom. The van der Waals surface area contributed by atoms with E-state index in [1.54, 1.807) is 0 Å². The lowest BCUT2D eigenvalue weighted by Gasteiger charge is -2.15. The highest BCUT2D eigenvalue weighted by atomic mass is 16.1. The number of benzene rings is 2. The van der Waals surface area contributed by atoms with Gasteiger partial charge in [0.25, 0.3) is 5.91 Å². The number of hydrogen-bond donors (Lipinski definition) is 1. The van der Waals surface area contributed by atoms with E-state index >= 15 is 0 Å². The van der Waals surface area contributed by atoms with Gasteiger partial charge >= 0.3 is 0 Å². The minimum absolute atomic E-state index is 0.0568. The molecule has 27 heavy (non-hydrogen) atoms. The van der Waals surface area contributed by atoms with Crippen molar-refractivity contribution in [1.29, 1.82) is 0 Å². The number of nitrogens with one attached hydrogen (secondary N) is 1. The molecular weight excluding hydrogens is 334 g/mol. The molecule has 1 aromatic heterocycles. The van der Waals surface area contributed by atoms with Gasteiger partial charge < -0.3 is 5.32 Å². The highest BCUT2D eigenvalue weighted by molar-refractivity contribution is 5.94. The minimum Gasteiger partial charge on any atom is -0.345 e. The van der Waals surface area contributed by atoms with Crippen LogP contribution >= 0.6 is 0 Å². The zero-order valence-electron chi connectivity index (χ0n) is 16.0. The Labute approximate surface area is 160 Å². The van der Waals surface area contributed by atoms with Gasteiger partial charge in [-0.25, -0.2) is 4.98 Å². The maximum atomic E-state index is 12.6. The van der Waals surface area contributed by atoms with Crippen molar-refractivity contribution in [1.82, 2.24) is 14.9 Å². The lowest BCUT2D eigenvalue weighted by molar-refractivity contribution is 0.0949. The van der Waals surface area contributed by atoms with E-state index in [1.807, 2.05) is 43.3 Å². The second-order valence-corrected chi connectivity index (χ2v) is 7.28. The van der Waals surface area contributed by atoms with Crippen molar-refractivity contribution in [3.8, 4) is 5.69 Å². The van der Waals surface area contributed by atoms with Crippen LogP contribution < -0.4 is 5.32 Å². The number of hydrogen-bond acceptors (Lipinski definition) is 2. The maximum absolute atomic E-state index is 12.6. The summed E-state index contributed by atoms with van der Waals surface area (Å²) < 4.78 is 2.23. The first kappa shape index (κ1) is 17.5. The average molecular weight is 359 g/mol. The van der Waals surface area contributed by atoms with Crippen LogP contribution in [0, 0.1) is 13.8 Å². The Hall–Kier alpha value is -2.88. The van der Waals surface area contributed by atoms with Crippen LogP contribution in [-0.2, 0) is 19.4 Å². The third kappa shape index (κ3) is 3.52. The molecule has 0 radical (unpaired) electrons. The quantitative estimate of drug-likeness (QED) is 0.755. The summed E-state index contributed by atoms with van der Waals surface area (Å²) >= 11 is 0. The molecule has 1 aliphatic rings. The number of imidazole rings is 1. The summed E-state index contributed by atoms with van der Waals surface area (Å²) in [4.78, 5) is 17.5. The molecule has 0 fully saturated rings. The standard InChI is InChI=1S/C23H25N3O/c1-16-12-13-18(14-17(16)2)23(27)24-15-22-25-20-10-6-7-11-21(20)26(22)19-8-4-3-5-9-19/h3-5,8-9,12-14H,6-7,10-11,15H2,1-2H3,(H,24,27). The molecule has 1 N–H and O–H groups in total. The molecule has 3 aromatic rings. The lowest BCUT2D eigenvalue weighted by atomic mass is 10.0. The van der Waals surface area contributed by atoms with Gasteiger partial charge in [0.15, 0.2) is 0 Å². The summed E-state index contributed by atoms with van der Waals surface area (Å²) in [7, 11) is 0. The first-order valence-electron chi connectivity index (χ1n) is 9.64. The molecule has 0 atom stereocenters. The summed E-state index contributed by atoms with van der Waals surface area (Å²) in [6.07, 6.45) is 4.45. The van der Waals surface area contributed by atoms with Crippen molar-refractivity contribution in [3.63, 3.8) is 0 Å². The maximum Gasteiger partial charge on any atom is 0.251 e. The number of nitrogens with zero attached hydrogens (tertiary/aromatic N) is 2. The van der Waals surface area contributed by atoms with E-state index in [4.69, 9.17) is 4.98 Å². The van der Waals surface area contributed by atoms with Crippen molar-refractivity contribution in [2.24, 2.45) is 0 Å². The molecule has 0 saturated carbocycles. The average Bonchev–Trinajstić information content (AvgIpc) is 3.07. The van der Waals surface area contributed by atoms with Crippen molar-refractivity contribution >= 4 is 5.91 Å². The fourth-order valence-electron chi connectivity index (χ4n) is 3.74. The Balaban J connectivity index is 1.61. The van der Waals surface area contributed by atoms with E-state index in [0.717, 1.165) is 29.9 Å². The number of amides is 1. The van der Waals surface area contributed by atoms with Crippen molar-refractivity contribution in [3.05, 3.63) is 82.4 Å². The molecule has 1 heterocycles. The zero-order valence-corrected chi connectivity index (χ0v) is 16.0. The fourth-order valence-corrected chi connectivity index (χ4v) is 3.74. The molecule has 0 aliphatic heterocycles. The monoisotopic (exact) mass is 359 g/mol. The topological polar surface area (TPSA) is 46.9 Å². The molecule has 1 aliphatic carbocycles. The van der Waals surface area contributed by atoms with E-state index in [-0.39, 0.29) is 5.91 Å². The summed E-state index contributed by atoms with van der Waals surface area (Å²) in [5, 5.41) is 3.06. The SMILES string of the molecule is Cc1ccc(C(=O)NCc2nc3c(n2-c2ccccc2)CCCC3)cc1C. The number of carbonyl (C=O) groups excluding carboxylic acids is 1. The van der Waals surface area contributed by atoms with Crippen LogP contribution in [0.3, 0.4) is 0 Å². The Kier molecular flexibility index (Phi) is 4.80. The lowest BCUT2D eigenvalue weighted by Crippen LogP contribution is -2.25. The fraction of sp³-hybridized carbons (Fsp3) is 0.304. The third-order valence-electron chi connectivity index (χ3n) is 5.39. The van der Waals surface area contributed by atoms with E-state index in [0.29, 0.717) is 12.1 Å². The minimum atomic E-state index is -0.0568. The highest BCUT2D eigenvalue weighted by Gasteiger charge is 2.21. The number of aromatic nitrogens is 2. The van der Waals surface area contributed by atoms with Crippen molar-refractivity contribution < 1.29 is 4.79 Å². The number of rotatable bonds is 4. The molecule has 2 aromatic carbocycles. The van der Waals surface area contributed by atoms with Gasteiger partial charge in [-0.2, -0.15) is 0 Å². The number of para-hydroxylation sites is 1. The molecule has 4 rings (SSSR count). The molecule has 4 nitrogen and oxygen atoms in total. The van der Waals surface area contributed by atoms with Gasteiger partial charge in [-0.3, -0.25) is 9.36 Å². The molecule has 0 unspecified atom stereocenters. The van der Waals surface area contributed by atoms with Crippen LogP contribution in [-0.4, -0.2) is 15.5 Å². The van der Waals surface area contributed by atoms with Gasteiger partial charge in [0, 0.05) is 16.9 Å². The molecule has 0 saturated heterocycles. The van der Waals surface area contributed by atoms with Crippen LogP contribution in [0.15, 0.2) is 48.5 Å². The summed E-state index contributed by atoms with van der Waals surface area (Å²) in [6.45, 7) is 4.51. The van der Waals surface area contributed by atoms with Crippen molar-refractivity contribution in [2.45, 2.75) is 46.1 Å². The van der Waals surface area contributed by atoms with E-state index in [1.165, 1.54) is 29.8 Å². The van der Waals surface area contributed by atoms with Gasteiger partial charge in [-0.1, -0.05) is 24.3 Å². The van der Waals surface area contributed by atoms with E-state index in [9.17, 15) is 4.79 Å². The molecule has 1 amide bonds. The Morgan fingerprint density at radius 1 is 1.04 bits per heavy atom. The van der Waals surface area contributed by atoms with Gasteiger partial charge in [0.2, 0.25) is 0 Å². The Bertz CT molecular complexity index is 973. The molecule has 0 bridgehead atoms. The number of fused-ring (bicyclic) bond motifs is 1. The predicted octanol–water partition coefficient (Wildman–Crippen LogP) is 4.30. The van der Waals surface area contributed by atoms with E-state index in [2.05, 4.69) is 28.9 Å². The largest absolute Gasteiger partial charge is 0.345 e. The van der Waals surface area contributed by atoms with Crippen LogP contribution in [0.1, 0.15) is 51.5 Å². The van der Waals surface area contributed by atoms with Crippen molar-refractivity contribution in [2.75, 3.05) is 0 Å². The zero-order chi connectivity index (χ0) is 18.8. The second kappa shape index (κ2) is 7.39. The molecule has 138 valence electrons. The first-order chi connectivity index (χ1) is 13.1. The molecule has 0 spiro atoms. The van der Waals surface area contributed by atoms with E-state index < -0.39 is 0 Å². The van der Waals surface area contributed by atoms with Gasteiger partial charge in [0.1, 0.15) is 5.82 Å². The second-order valence-electron chi connectivity index (χ2n) is 7.28. The molecule has 4 heteroatoms. The van der Waals surface area contributed by atoms with Crippen LogP contribution in [0.2, 0.25) is 0 Å². The highest BCUT2D eigenvalue weighted by Crippen LogP contribution is 2.25.